The molecule has 1 aromatic carbocycles. The number of nitrogens with zero attached hydrogens (tertiary/aromatic N) is 1. The number of hydrogen-bond donors (Lipinski definition) is 1. The average Bonchev–Trinajstić information content (AvgIpc) is 2.39. The van der Waals surface area contributed by atoms with Gasteiger partial charge >= 0.3 is 0 Å². The molecule has 0 bridgehead atoms. The average molecular weight is 212 g/mol. The highest BCUT2D eigenvalue weighted by Gasteiger charge is 2.02. The molecule has 0 fully saturated rings. The Morgan fingerprint density at radius 2 is 1.56 bits per heavy atom. The lowest BCUT2D eigenvalue weighted by Gasteiger charge is -2.03. The summed E-state index contributed by atoms with van der Waals surface area (Å²) in [5.41, 5.74) is 2.84. The lowest BCUT2D eigenvalue weighted by atomic mass is 10.1. The fraction of sp³-hybridized carbons (Fsp3) is 0.0769. The van der Waals surface area contributed by atoms with Gasteiger partial charge in [-0.1, -0.05) is 12.1 Å². The first-order valence-electron chi connectivity index (χ1n) is 5.04. The van der Waals surface area contributed by atoms with Crippen LogP contribution in [0.15, 0.2) is 48.8 Å². The van der Waals surface area contributed by atoms with E-state index in [1.165, 1.54) is 0 Å². The molecule has 0 saturated heterocycles. The maximum Gasteiger partial charge on any atom is 0.251 e. The first kappa shape index (κ1) is 10.4. The Hall–Kier alpha value is -2.16. The van der Waals surface area contributed by atoms with Gasteiger partial charge in [0.05, 0.1) is 0 Å². The highest BCUT2D eigenvalue weighted by molar-refractivity contribution is 5.94. The van der Waals surface area contributed by atoms with Gasteiger partial charge in [-0.15, -0.1) is 0 Å². The summed E-state index contributed by atoms with van der Waals surface area (Å²) in [7, 11) is 1.62. The normalized spacial score (nSPS) is 9.81. The van der Waals surface area contributed by atoms with Crippen molar-refractivity contribution < 1.29 is 4.79 Å². The first-order valence-corrected chi connectivity index (χ1v) is 5.04. The molecule has 3 nitrogen and oxygen atoms in total. The summed E-state index contributed by atoms with van der Waals surface area (Å²) in [6.07, 6.45) is 3.50. The number of rotatable bonds is 2. The number of pyridine rings is 1. The minimum absolute atomic E-state index is 0.0683. The maximum atomic E-state index is 11.3. The molecule has 0 spiro atoms. The highest BCUT2D eigenvalue weighted by Crippen LogP contribution is 2.18. The van der Waals surface area contributed by atoms with Gasteiger partial charge in [0.15, 0.2) is 0 Å². The van der Waals surface area contributed by atoms with E-state index >= 15 is 0 Å². The van der Waals surface area contributed by atoms with Crippen LogP contribution < -0.4 is 5.32 Å². The van der Waals surface area contributed by atoms with Crippen LogP contribution in [0.5, 0.6) is 0 Å². The van der Waals surface area contributed by atoms with Gasteiger partial charge in [0.1, 0.15) is 0 Å². The summed E-state index contributed by atoms with van der Waals surface area (Å²) in [5.74, 6) is -0.0683. The van der Waals surface area contributed by atoms with Crippen molar-refractivity contribution >= 4 is 5.91 Å². The lowest BCUT2D eigenvalue weighted by molar-refractivity contribution is 0.0963. The largest absolute Gasteiger partial charge is 0.355 e. The van der Waals surface area contributed by atoms with Crippen molar-refractivity contribution in [1.29, 1.82) is 0 Å². The van der Waals surface area contributed by atoms with Crippen molar-refractivity contribution in [3.8, 4) is 11.1 Å². The molecule has 0 saturated carbocycles. The molecule has 1 amide bonds. The minimum atomic E-state index is -0.0683. The Labute approximate surface area is 94.1 Å². The molecule has 2 aromatic rings. The predicted molar refractivity (Wildman–Crippen MR) is 63.1 cm³/mol. The van der Waals surface area contributed by atoms with Gasteiger partial charge < -0.3 is 5.32 Å². The molecule has 1 heterocycles. The number of nitrogens with one attached hydrogen (secondary N) is 1. The summed E-state index contributed by atoms with van der Waals surface area (Å²) in [6.45, 7) is 0. The zero-order valence-corrected chi connectivity index (χ0v) is 8.97. The highest BCUT2D eigenvalue weighted by atomic mass is 16.1. The Morgan fingerprint density at radius 1 is 1.00 bits per heavy atom. The Morgan fingerprint density at radius 3 is 2.12 bits per heavy atom. The molecule has 2 rings (SSSR count). The van der Waals surface area contributed by atoms with E-state index in [1.54, 1.807) is 19.4 Å². The standard InChI is InChI=1S/C13H12N2O/c1-14-13(16)12-4-2-10(3-5-12)11-6-8-15-9-7-11/h2-9H,1H3,(H,14,16). The molecular formula is C13H12N2O. The van der Waals surface area contributed by atoms with Gasteiger partial charge in [-0.3, -0.25) is 9.78 Å². The van der Waals surface area contributed by atoms with E-state index in [0.717, 1.165) is 11.1 Å². The summed E-state index contributed by atoms with van der Waals surface area (Å²) in [5, 5.41) is 2.59. The zero-order valence-electron chi connectivity index (χ0n) is 8.97. The van der Waals surface area contributed by atoms with Gasteiger partial charge in [0.2, 0.25) is 0 Å². The fourth-order valence-corrected chi connectivity index (χ4v) is 1.50. The third-order valence-corrected chi connectivity index (χ3v) is 2.39. The topological polar surface area (TPSA) is 42.0 Å². The molecule has 0 aliphatic rings. The quantitative estimate of drug-likeness (QED) is 0.828. The van der Waals surface area contributed by atoms with Crippen molar-refractivity contribution in [2.45, 2.75) is 0 Å². The van der Waals surface area contributed by atoms with E-state index < -0.39 is 0 Å². The molecule has 0 unspecified atom stereocenters. The van der Waals surface area contributed by atoms with Crippen LogP contribution in [0.2, 0.25) is 0 Å². The zero-order chi connectivity index (χ0) is 11.4. The van der Waals surface area contributed by atoms with Gasteiger partial charge in [0, 0.05) is 25.0 Å². The van der Waals surface area contributed by atoms with Crippen molar-refractivity contribution in [1.82, 2.24) is 10.3 Å². The fourth-order valence-electron chi connectivity index (χ4n) is 1.50. The first-order chi connectivity index (χ1) is 7.81. The Bertz CT molecular complexity index is 477. The van der Waals surface area contributed by atoms with Gasteiger partial charge in [-0.25, -0.2) is 0 Å². The number of benzene rings is 1. The third kappa shape index (κ3) is 2.08. The van der Waals surface area contributed by atoms with Crippen LogP contribution in [-0.2, 0) is 0 Å². The summed E-state index contributed by atoms with van der Waals surface area (Å²) in [6, 6.07) is 11.4. The van der Waals surface area contributed by atoms with Crippen LogP contribution in [0.4, 0.5) is 0 Å². The van der Waals surface area contributed by atoms with Crippen LogP contribution in [0.1, 0.15) is 10.4 Å². The van der Waals surface area contributed by atoms with Crippen molar-refractivity contribution in [2.75, 3.05) is 7.05 Å². The lowest BCUT2D eigenvalue weighted by Crippen LogP contribution is -2.17. The van der Waals surface area contributed by atoms with Crippen LogP contribution in [0.3, 0.4) is 0 Å². The molecule has 0 aliphatic carbocycles. The van der Waals surface area contributed by atoms with Crippen LogP contribution >= 0.6 is 0 Å². The second-order valence-electron chi connectivity index (χ2n) is 3.39. The van der Waals surface area contributed by atoms with Gasteiger partial charge in [-0.2, -0.15) is 0 Å². The monoisotopic (exact) mass is 212 g/mol. The molecule has 1 aromatic heterocycles. The molecule has 16 heavy (non-hydrogen) atoms. The number of aromatic nitrogens is 1. The summed E-state index contributed by atoms with van der Waals surface area (Å²) < 4.78 is 0. The molecule has 1 N–H and O–H groups in total. The number of amides is 1. The molecule has 3 heteroatoms. The Balaban J connectivity index is 2.30. The number of hydrogen-bond acceptors (Lipinski definition) is 2. The summed E-state index contributed by atoms with van der Waals surface area (Å²) >= 11 is 0. The number of carbonyl (C=O) groups is 1. The molecule has 80 valence electrons. The van der Waals surface area contributed by atoms with E-state index in [0.29, 0.717) is 5.56 Å². The molecule has 0 atom stereocenters. The number of carbonyl (C=O) groups excluding carboxylic acids is 1. The molecule has 0 aliphatic heterocycles. The smallest absolute Gasteiger partial charge is 0.251 e. The summed E-state index contributed by atoms with van der Waals surface area (Å²) in [4.78, 5) is 15.3. The predicted octanol–water partition coefficient (Wildman–Crippen LogP) is 2.11. The van der Waals surface area contributed by atoms with Gasteiger partial charge in [0.25, 0.3) is 5.91 Å². The SMILES string of the molecule is CNC(=O)c1ccc(-c2ccncc2)cc1. The van der Waals surface area contributed by atoms with Crippen molar-refractivity contribution in [2.24, 2.45) is 0 Å². The Kier molecular flexibility index (Phi) is 2.96. The molecule has 0 radical (unpaired) electrons. The van der Waals surface area contributed by atoms with Crippen LogP contribution in [-0.4, -0.2) is 17.9 Å². The van der Waals surface area contributed by atoms with Crippen LogP contribution in [0.25, 0.3) is 11.1 Å². The molecular weight excluding hydrogens is 200 g/mol. The van der Waals surface area contributed by atoms with E-state index in [1.807, 2.05) is 36.4 Å². The van der Waals surface area contributed by atoms with E-state index in [9.17, 15) is 4.79 Å². The van der Waals surface area contributed by atoms with E-state index in [4.69, 9.17) is 0 Å². The van der Waals surface area contributed by atoms with Crippen LogP contribution in [0, 0.1) is 0 Å². The second-order valence-corrected chi connectivity index (χ2v) is 3.39. The minimum Gasteiger partial charge on any atom is -0.355 e. The van der Waals surface area contributed by atoms with Crippen molar-refractivity contribution in [3.05, 3.63) is 54.4 Å². The van der Waals surface area contributed by atoms with Gasteiger partial charge in [-0.05, 0) is 35.4 Å². The third-order valence-electron chi connectivity index (χ3n) is 2.39. The maximum absolute atomic E-state index is 11.3. The van der Waals surface area contributed by atoms with E-state index in [-0.39, 0.29) is 5.91 Å². The second kappa shape index (κ2) is 4.57. The van der Waals surface area contributed by atoms with E-state index in [2.05, 4.69) is 10.3 Å². The van der Waals surface area contributed by atoms with Crippen molar-refractivity contribution in [3.63, 3.8) is 0 Å².